The minimum atomic E-state index is -0.557. The van der Waals surface area contributed by atoms with Gasteiger partial charge in [-0.1, -0.05) is 54.9 Å². The van der Waals surface area contributed by atoms with E-state index in [9.17, 15) is 9.59 Å². The largest absolute Gasteiger partial charge is 0.444 e. The van der Waals surface area contributed by atoms with Crippen LogP contribution < -0.4 is 0 Å². The van der Waals surface area contributed by atoms with Crippen molar-refractivity contribution in [3.05, 3.63) is 58.6 Å². The van der Waals surface area contributed by atoms with Gasteiger partial charge in [0.2, 0.25) is 0 Å². The van der Waals surface area contributed by atoms with Crippen LogP contribution in [0.15, 0.2) is 42.5 Å². The zero-order valence-electron chi connectivity index (χ0n) is 18.2. The second kappa shape index (κ2) is 9.22. The van der Waals surface area contributed by atoms with Crippen molar-refractivity contribution in [2.24, 2.45) is 5.92 Å². The van der Waals surface area contributed by atoms with Gasteiger partial charge in [0.25, 0.3) is 0 Å². The number of carbonyl (C=O) groups excluding carboxylic acids is 2. The summed E-state index contributed by atoms with van der Waals surface area (Å²) in [6.45, 7) is 8.62. The van der Waals surface area contributed by atoms with E-state index in [-0.39, 0.29) is 17.8 Å². The molecule has 0 aliphatic carbocycles. The highest BCUT2D eigenvalue weighted by molar-refractivity contribution is 6.34. The number of benzene rings is 2. The lowest BCUT2D eigenvalue weighted by atomic mass is 9.86. The minimum Gasteiger partial charge on any atom is -0.444 e. The van der Waals surface area contributed by atoms with Gasteiger partial charge in [-0.25, -0.2) is 4.79 Å². The molecule has 5 heteroatoms. The van der Waals surface area contributed by atoms with E-state index in [0.717, 1.165) is 30.4 Å². The molecule has 1 atom stereocenters. The van der Waals surface area contributed by atoms with E-state index in [0.29, 0.717) is 23.7 Å². The Morgan fingerprint density at radius 3 is 2.60 bits per heavy atom. The fourth-order valence-electron chi connectivity index (χ4n) is 3.87. The van der Waals surface area contributed by atoms with Crippen LogP contribution >= 0.6 is 11.6 Å². The molecule has 0 saturated carbocycles. The maximum absolute atomic E-state index is 13.5. The number of Topliss-reactive ketones (excluding diaryl/α,β-unsaturated/α-hetero) is 1. The zero-order valence-corrected chi connectivity index (χ0v) is 19.0. The number of nitrogens with zero attached hydrogens (tertiary/aromatic N) is 1. The fraction of sp³-hybridized carbons (Fsp3) is 0.440. The molecule has 0 spiro atoms. The first kappa shape index (κ1) is 22.4. The molecule has 2 aromatic carbocycles. The van der Waals surface area contributed by atoms with Crippen LogP contribution in [-0.4, -0.2) is 35.5 Å². The van der Waals surface area contributed by atoms with Crippen molar-refractivity contribution < 1.29 is 14.3 Å². The summed E-state index contributed by atoms with van der Waals surface area (Å²) in [4.78, 5) is 27.7. The highest BCUT2D eigenvalue weighted by Crippen LogP contribution is 2.35. The first-order valence-electron chi connectivity index (χ1n) is 10.6. The molecule has 30 heavy (non-hydrogen) atoms. The first-order chi connectivity index (χ1) is 14.2. The Morgan fingerprint density at radius 2 is 1.90 bits per heavy atom. The van der Waals surface area contributed by atoms with Crippen molar-refractivity contribution in [3.63, 3.8) is 0 Å². The topological polar surface area (TPSA) is 46.6 Å². The van der Waals surface area contributed by atoms with E-state index in [2.05, 4.69) is 19.1 Å². The number of ether oxygens (including phenoxy) is 1. The summed E-state index contributed by atoms with van der Waals surface area (Å²) >= 11 is 6.56. The molecule has 0 aromatic heterocycles. The summed E-state index contributed by atoms with van der Waals surface area (Å²) in [6, 6.07) is 13.6. The van der Waals surface area contributed by atoms with Crippen molar-refractivity contribution in [1.29, 1.82) is 0 Å². The Morgan fingerprint density at radius 1 is 1.17 bits per heavy atom. The molecular weight excluding hydrogens is 398 g/mol. The molecule has 1 unspecified atom stereocenters. The van der Waals surface area contributed by atoms with Crippen molar-refractivity contribution in [1.82, 2.24) is 4.90 Å². The second-order valence-electron chi connectivity index (χ2n) is 8.85. The summed E-state index contributed by atoms with van der Waals surface area (Å²) in [5, 5.41) is 0.564. The molecule has 0 N–H and O–H groups in total. The number of amides is 1. The van der Waals surface area contributed by atoms with Gasteiger partial charge in [0.15, 0.2) is 5.78 Å². The minimum absolute atomic E-state index is 0.0302. The van der Waals surface area contributed by atoms with Crippen molar-refractivity contribution in [2.75, 3.05) is 13.1 Å². The van der Waals surface area contributed by atoms with Gasteiger partial charge < -0.3 is 9.64 Å². The van der Waals surface area contributed by atoms with Gasteiger partial charge in [0.1, 0.15) is 5.60 Å². The van der Waals surface area contributed by atoms with E-state index in [1.807, 2.05) is 51.1 Å². The molecule has 0 bridgehead atoms. The lowest BCUT2D eigenvalue weighted by molar-refractivity contribution is 0.0172. The molecule has 1 aliphatic heterocycles. The lowest BCUT2D eigenvalue weighted by Crippen LogP contribution is -2.44. The third-order valence-corrected chi connectivity index (χ3v) is 5.66. The number of likely N-dealkylation sites (tertiary alicyclic amines) is 1. The number of halogens is 1. The van der Waals surface area contributed by atoms with E-state index in [1.54, 1.807) is 4.90 Å². The Labute approximate surface area is 184 Å². The van der Waals surface area contributed by atoms with E-state index in [4.69, 9.17) is 16.3 Å². The maximum Gasteiger partial charge on any atom is 0.410 e. The molecule has 4 nitrogen and oxygen atoms in total. The van der Waals surface area contributed by atoms with Crippen LogP contribution in [0.1, 0.15) is 56.5 Å². The Hall–Kier alpha value is -2.33. The number of aryl methyl sites for hydroxylation is 1. The summed E-state index contributed by atoms with van der Waals surface area (Å²) in [5.74, 6) is -0.236. The molecule has 1 amide bonds. The number of ketones is 1. The molecule has 1 fully saturated rings. The van der Waals surface area contributed by atoms with Crippen molar-refractivity contribution >= 4 is 23.5 Å². The molecule has 2 aromatic rings. The van der Waals surface area contributed by atoms with Gasteiger partial charge in [-0.2, -0.15) is 0 Å². The highest BCUT2D eigenvalue weighted by Gasteiger charge is 2.32. The molecule has 1 aliphatic rings. The van der Waals surface area contributed by atoms with Crippen molar-refractivity contribution in [2.45, 2.75) is 52.6 Å². The molecule has 0 radical (unpaired) electrons. The van der Waals surface area contributed by atoms with Gasteiger partial charge in [-0.05, 0) is 57.2 Å². The van der Waals surface area contributed by atoms with E-state index in [1.165, 1.54) is 5.56 Å². The predicted octanol–water partition coefficient (Wildman–Crippen LogP) is 6.40. The number of hydrogen-bond acceptors (Lipinski definition) is 3. The molecule has 160 valence electrons. The Balaban J connectivity index is 1.88. The summed E-state index contributed by atoms with van der Waals surface area (Å²) in [6.07, 6.45) is 2.08. The SMILES string of the molecule is CCc1cccc(-c2c(Cl)cccc2C(=O)C2CCCN(C(=O)OC(C)(C)C)C2)c1. The third-order valence-electron chi connectivity index (χ3n) is 5.35. The monoisotopic (exact) mass is 427 g/mol. The number of hydrogen-bond donors (Lipinski definition) is 0. The average molecular weight is 428 g/mol. The average Bonchev–Trinajstić information content (AvgIpc) is 2.72. The van der Waals surface area contributed by atoms with Crippen LogP contribution in [0.3, 0.4) is 0 Å². The van der Waals surface area contributed by atoms with Crippen LogP contribution in [0.5, 0.6) is 0 Å². The van der Waals surface area contributed by atoms with Crippen LogP contribution in [-0.2, 0) is 11.2 Å². The van der Waals surface area contributed by atoms with Crippen molar-refractivity contribution in [3.8, 4) is 11.1 Å². The third kappa shape index (κ3) is 5.23. The van der Waals surface area contributed by atoms with Crippen LogP contribution in [0, 0.1) is 5.92 Å². The van der Waals surface area contributed by atoms with E-state index < -0.39 is 5.60 Å². The standard InChI is InChI=1S/C25H30ClNO3/c1-5-17-9-6-10-18(15-17)22-20(12-7-13-21(22)26)23(28)19-11-8-14-27(16-19)24(29)30-25(2,3)4/h6-7,9-10,12-13,15,19H,5,8,11,14,16H2,1-4H3. The molecule has 1 saturated heterocycles. The second-order valence-corrected chi connectivity index (χ2v) is 9.25. The number of carbonyl (C=O) groups is 2. The quantitative estimate of drug-likeness (QED) is 0.530. The molecular formula is C25H30ClNO3. The van der Waals surface area contributed by atoms with Gasteiger partial charge in [-0.3, -0.25) is 4.79 Å². The number of rotatable bonds is 4. The first-order valence-corrected chi connectivity index (χ1v) is 11.0. The van der Waals surface area contributed by atoms with Crippen LogP contribution in [0.2, 0.25) is 5.02 Å². The van der Waals surface area contributed by atoms with Crippen LogP contribution in [0.25, 0.3) is 11.1 Å². The Kier molecular flexibility index (Phi) is 6.87. The molecule has 1 heterocycles. The summed E-state index contributed by atoms with van der Waals surface area (Å²) < 4.78 is 5.50. The summed E-state index contributed by atoms with van der Waals surface area (Å²) in [5.41, 5.74) is 2.97. The van der Waals surface area contributed by atoms with Crippen LogP contribution in [0.4, 0.5) is 4.79 Å². The Bertz CT molecular complexity index is 932. The highest BCUT2D eigenvalue weighted by atomic mass is 35.5. The fourth-order valence-corrected chi connectivity index (χ4v) is 4.16. The lowest BCUT2D eigenvalue weighted by Gasteiger charge is -2.33. The zero-order chi connectivity index (χ0) is 21.9. The normalized spacial score (nSPS) is 17.0. The van der Waals surface area contributed by atoms with Gasteiger partial charge in [0.05, 0.1) is 0 Å². The smallest absolute Gasteiger partial charge is 0.410 e. The van der Waals surface area contributed by atoms with Gasteiger partial charge >= 0.3 is 6.09 Å². The molecule has 3 rings (SSSR count). The number of piperidine rings is 1. The predicted molar refractivity (Wildman–Crippen MR) is 121 cm³/mol. The van der Waals surface area contributed by atoms with Gasteiger partial charge in [0, 0.05) is 35.2 Å². The maximum atomic E-state index is 13.5. The summed E-state index contributed by atoms with van der Waals surface area (Å²) in [7, 11) is 0. The van der Waals surface area contributed by atoms with Gasteiger partial charge in [-0.15, -0.1) is 0 Å². The van der Waals surface area contributed by atoms with E-state index >= 15 is 0 Å².